The van der Waals surface area contributed by atoms with Crippen molar-refractivity contribution in [2.75, 3.05) is 54.9 Å². The topological polar surface area (TPSA) is 78.4 Å². The zero-order valence-corrected chi connectivity index (χ0v) is 19.9. The Labute approximate surface area is 200 Å². The van der Waals surface area contributed by atoms with Crippen molar-refractivity contribution in [3.63, 3.8) is 0 Å². The van der Waals surface area contributed by atoms with E-state index in [0.717, 1.165) is 39.1 Å². The Balaban J connectivity index is 1.36. The molecule has 0 atom stereocenters. The van der Waals surface area contributed by atoms with Crippen LogP contribution < -0.4 is 20.3 Å². The van der Waals surface area contributed by atoms with E-state index in [1.165, 1.54) is 43.9 Å². The molecule has 2 aromatic rings. The molecule has 5 rings (SSSR count). The summed E-state index contributed by atoms with van der Waals surface area (Å²) in [5.41, 5.74) is 1.91. The van der Waals surface area contributed by atoms with Crippen molar-refractivity contribution in [1.82, 2.24) is 19.9 Å². The molecule has 3 heterocycles. The standard InChI is InChI=1S/C25H34FN7O/c1-2-34-22-11-10-19(15-21(22)26)28-24-29-23(27-16-18-7-4-3-5-8-18)30-25(31-24)33-14-13-32-12-6-9-20(32)17-33/h9-11,15,18H,2-8,12-14,16-17H2,1H3,(H2,27,28,29,30,31). The van der Waals surface area contributed by atoms with E-state index in [2.05, 4.69) is 31.5 Å². The Morgan fingerprint density at radius 2 is 1.85 bits per heavy atom. The van der Waals surface area contributed by atoms with E-state index in [9.17, 15) is 4.39 Å². The monoisotopic (exact) mass is 467 g/mol. The lowest BCUT2D eigenvalue weighted by atomic mass is 9.89. The molecule has 2 aliphatic heterocycles. The Hall–Kier alpha value is -3.10. The highest BCUT2D eigenvalue weighted by molar-refractivity contribution is 5.57. The molecule has 1 aromatic carbocycles. The number of fused-ring (bicyclic) bond motifs is 1. The fraction of sp³-hybridized carbons (Fsp3) is 0.560. The largest absolute Gasteiger partial charge is 0.491 e. The van der Waals surface area contributed by atoms with Crippen molar-refractivity contribution in [3.05, 3.63) is 35.8 Å². The number of halogens is 1. The number of rotatable bonds is 8. The molecule has 3 aliphatic rings. The zero-order chi connectivity index (χ0) is 23.3. The van der Waals surface area contributed by atoms with E-state index in [1.54, 1.807) is 12.1 Å². The number of aromatic nitrogens is 3. The lowest BCUT2D eigenvalue weighted by Gasteiger charge is -2.35. The molecule has 0 spiro atoms. The van der Waals surface area contributed by atoms with E-state index >= 15 is 0 Å². The van der Waals surface area contributed by atoms with Gasteiger partial charge in [-0.3, -0.25) is 0 Å². The third kappa shape index (κ3) is 5.34. The molecule has 2 N–H and O–H groups in total. The molecule has 34 heavy (non-hydrogen) atoms. The van der Waals surface area contributed by atoms with Crippen LogP contribution in [0.25, 0.3) is 0 Å². The van der Waals surface area contributed by atoms with E-state index in [1.807, 2.05) is 6.92 Å². The Morgan fingerprint density at radius 3 is 2.68 bits per heavy atom. The van der Waals surface area contributed by atoms with E-state index in [0.29, 0.717) is 36.1 Å². The van der Waals surface area contributed by atoms with Gasteiger partial charge < -0.3 is 25.2 Å². The molecular weight excluding hydrogens is 433 g/mol. The molecule has 1 saturated carbocycles. The molecule has 1 aliphatic carbocycles. The summed E-state index contributed by atoms with van der Waals surface area (Å²) in [6.45, 7) is 6.84. The first-order valence-electron chi connectivity index (χ1n) is 12.6. The summed E-state index contributed by atoms with van der Waals surface area (Å²) < 4.78 is 19.7. The lowest BCUT2D eigenvalue weighted by Crippen LogP contribution is -2.44. The van der Waals surface area contributed by atoms with Crippen molar-refractivity contribution in [2.45, 2.75) is 45.4 Å². The predicted octanol–water partition coefficient (Wildman–Crippen LogP) is 4.55. The summed E-state index contributed by atoms with van der Waals surface area (Å²) in [6.07, 6.45) is 9.83. The number of ether oxygens (including phenoxy) is 1. The quantitative estimate of drug-likeness (QED) is 0.585. The predicted molar refractivity (Wildman–Crippen MR) is 132 cm³/mol. The SMILES string of the molecule is CCOc1ccc(Nc2nc(NCC3CCCCC3)nc(N3CCN4CCC=C4C3)n2)cc1F. The average Bonchev–Trinajstić information content (AvgIpc) is 3.33. The van der Waals surface area contributed by atoms with Gasteiger partial charge in [0.15, 0.2) is 11.6 Å². The van der Waals surface area contributed by atoms with Gasteiger partial charge in [0, 0.05) is 43.6 Å². The second-order valence-electron chi connectivity index (χ2n) is 9.26. The summed E-state index contributed by atoms with van der Waals surface area (Å²) >= 11 is 0. The van der Waals surface area contributed by atoms with Crippen LogP contribution in [0, 0.1) is 11.7 Å². The van der Waals surface area contributed by atoms with Gasteiger partial charge in [-0.05, 0) is 44.2 Å². The van der Waals surface area contributed by atoms with Crippen LogP contribution >= 0.6 is 0 Å². The summed E-state index contributed by atoms with van der Waals surface area (Å²) in [5, 5.41) is 6.62. The van der Waals surface area contributed by atoms with Crippen LogP contribution in [0.5, 0.6) is 5.75 Å². The van der Waals surface area contributed by atoms with Gasteiger partial charge in [0.2, 0.25) is 17.8 Å². The zero-order valence-electron chi connectivity index (χ0n) is 19.9. The molecule has 1 aromatic heterocycles. The molecule has 9 heteroatoms. The molecule has 0 bridgehead atoms. The van der Waals surface area contributed by atoms with Crippen molar-refractivity contribution in [3.8, 4) is 5.75 Å². The minimum atomic E-state index is -0.416. The van der Waals surface area contributed by atoms with Crippen molar-refractivity contribution >= 4 is 23.5 Å². The van der Waals surface area contributed by atoms with Gasteiger partial charge in [0.1, 0.15) is 0 Å². The maximum atomic E-state index is 14.4. The maximum absolute atomic E-state index is 14.4. The van der Waals surface area contributed by atoms with Gasteiger partial charge in [-0.15, -0.1) is 0 Å². The molecule has 182 valence electrons. The van der Waals surface area contributed by atoms with Gasteiger partial charge >= 0.3 is 0 Å². The number of benzene rings is 1. The maximum Gasteiger partial charge on any atom is 0.233 e. The lowest BCUT2D eigenvalue weighted by molar-refractivity contribution is 0.321. The van der Waals surface area contributed by atoms with Gasteiger partial charge in [-0.25, -0.2) is 4.39 Å². The smallest absolute Gasteiger partial charge is 0.233 e. The first kappa shape index (κ1) is 22.7. The van der Waals surface area contributed by atoms with Crippen molar-refractivity contribution in [2.24, 2.45) is 5.92 Å². The molecular formula is C25H34FN7O. The van der Waals surface area contributed by atoms with Gasteiger partial charge in [-0.1, -0.05) is 25.3 Å². The minimum Gasteiger partial charge on any atom is -0.491 e. The third-order valence-electron chi connectivity index (χ3n) is 6.85. The number of nitrogens with zero attached hydrogens (tertiary/aromatic N) is 5. The van der Waals surface area contributed by atoms with Gasteiger partial charge in [-0.2, -0.15) is 15.0 Å². The fourth-order valence-corrected chi connectivity index (χ4v) is 5.01. The first-order valence-corrected chi connectivity index (χ1v) is 12.6. The highest BCUT2D eigenvalue weighted by Gasteiger charge is 2.26. The average molecular weight is 468 g/mol. The number of hydrogen-bond donors (Lipinski definition) is 2. The van der Waals surface area contributed by atoms with E-state index in [-0.39, 0.29) is 5.75 Å². The second-order valence-corrected chi connectivity index (χ2v) is 9.26. The van der Waals surface area contributed by atoms with Crippen LogP contribution in [-0.4, -0.2) is 59.2 Å². The van der Waals surface area contributed by atoms with E-state index < -0.39 is 5.82 Å². The summed E-state index contributed by atoms with van der Waals surface area (Å²) in [4.78, 5) is 18.7. The summed E-state index contributed by atoms with van der Waals surface area (Å²) in [5.74, 6) is 2.08. The van der Waals surface area contributed by atoms with Gasteiger partial charge in [0.25, 0.3) is 0 Å². The van der Waals surface area contributed by atoms with Crippen LogP contribution in [-0.2, 0) is 0 Å². The summed E-state index contributed by atoms with van der Waals surface area (Å²) in [7, 11) is 0. The normalized spacial score (nSPS) is 18.5. The number of piperazine rings is 1. The van der Waals surface area contributed by atoms with Gasteiger partial charge in [0.05, 0.1) is 13.2 Å². The number of hydrogen-bond acceptors (Lipinski definition) is 8. The molecule has 0 amide bonds. The molecule has 8 nitrogen and oxygen atoms in total. The first-order chi connectivity index (χ1) is 16.7. The highest BCUT2D eigenvalue weighted by Crippen LogP contribution is 2.27. The van der Waals surface area contributed by atoms with Crippen LogP contribution in [0.1, 0.15) is 45.4 Å². The van der Waals surface area contributed by atoms with Crippen LogP contribution in [0.4, 0.5) is 27.9 Å². The van der Waals surface area contributed by atoms with Crippen LogP contribution in [0.3, 0.4) is 0 Å². The highest BCUT2D eigenvalue weighted by atomic mass is 19.1. The Kier molecular flexibility index (Phi) is 6.97. The summed E-state index contributed by atoms with van der Waals surface area (Å²) in [6, 6.07) is 4.80. The fourth-order valence-electron chi connectivity index (χ4n) is 5.01. The number of nitrogens with one attached hydrogen (secondary N) is 2. The Morgan fingerprint density at radius 1 is 1.03 bits per heavy atom. The molecule has 1 saturated heterocycles. The second kappa shape index (κ2) is 10.4. The Bertz CT molecular complexity index is 1020. The van der Waals surface area contributed by atoms with Crippen molar-refractivity contribution < 1.29 is 9.13 Å². The van der Waals surface area contributed by atoms with E-state index in [4.69, 9.17) is 14.7 Å². The minimum absolute atomic E-state index is 0.238. The van der Waals surface area contributed by atoms with Crippen molar-refractivity contribution in [1.29, 1.82) is 0 Å². The van der Waals surface area contributed by atoms with Crippen LogP contribution in [0.2, 0.25) is 0 Å². The molecule has 2 fully saturated rings. The third-order valence-corrected chi connectivity index (χ3v) is 6.85. The molecule has 0 radical (unpaired) electrons. The molecule has 0 unspecified atom stereocenters. The number of anilines is 4. The van der Waals surface area contributed by atoms with Crippen LogP contribution in [0.15, 0.2) is 30.0 Å².